The number of methoxy groups -OCH3 is 1. The number of carbonyl (C=O) groups is 1. The Bertz CT molecular complexity index is 896. The summed E-state index contributed by atoms with van der Waals surface area (Å²) in [4.78, 5) is 17.3. The molecule has 0 saturated carbocycles. The molecule has 2 aromatic rings. The number of carbonyl (C=O) groups excluding carboxylic acids is 1. The average molecular weight is 454 g/mol. The predicted molar refractivity (Wildman–Crippen MR) is 117 cm³/mol. The van der Waals surface area contributed by atoms with Crippen molar-refractivity contribution in [3.63, 3.8) is 0 Å². The van der Waals surface area contributed by atoms with Crippen molar-refractivity contribution in [2.24, 2.45) is 0 Å². The zero-order valence-corrected chi connectivity index (χ0v) is 19.6. The zero-order chi connectivity index (χ0) is 23.5. The van der Waals surface area contributed by atoms with E-state index in [2.05, 4.69) is 10.1 Å². The van der Waals surface area contributed by atoms with Crippen LogP contribution in [-0.2, 0) is 34.4 Å². The summed E-state index contributed by atoms with van der Waals surface area (Å²) in [5, 5.41) is 2.59. The van der Waals surface area contributed by atoms with Crippen molar-refractivity contribution in [1.82, 2.24) is 5.32 Å². The Labute approximate surface area is 184 Å². The van der Waals surface area contributed by atoms with Crippen LogP contribution in [-0.4, -0.2) is 40.9 Å². The third-order valence-electron chi connectivity index (χ3n) is 3.69. The van der Waals surface area contributed by atoms with Gasteiger partial charge in [0.25, 0.3) is 0 Å². The van der Waals surface area contributed by atoms with Crippen LogP contribution in [0.1, 0.15) is 33.3 Å². The fourth-order valence-electron chi connectivity index (χ4n) is 2.27. The molecule has 0 radical (unpaired) electrons. The predicted octanol–water partition coefficient (Wildman–Crippen LogP) is 4.03. The van der Waals surface area contributed by atoms with Crippen molar-refractivity contribution in [2.45, 2.75) is 43.8 Å². The number of benzene rings is 2. The lowest BCUT2D eigenvalue weighted by atomic mass is 9.96. The summed E-state index contributed by atoms with van der Waals surface area (Å²) in [6.07, 6.45) is -0.649. The Morgan fingerprint density at radius 1 is 0.903 bits per heavy atom. The van der Waals surface area contributed by atoms with Crippen molar-refractivity contribution in [3.05, 3.63) is 66.2 Å². The van der Waals surface area contributed by atoms with E-state index in [0.29, 0.717) is 5.56 Å². The number of ether oxygens (including phenoxy) is 2. The van der Waals surface area contributed by atoms with Gasteiger partial charge in [-0.25, -0.2) is 9.68 Å². The van der Waals surface area contributed by atoms with E-state index in [1.54, 1.807) is 84.4 Å². The van der Waals surface area contributed by atoms with Crippen molar-refractivity contribution in [3.8, 4) is 0 Å². The number of hydrogen-bond donors (Lipinski definition) is 1. The van der Waals surface area contributed by atoms with Crippen LogP contribution in [0.4, 0.5) is 4.79 Å². The zero-order valence-electron chi connectivity index (χ0n) is 18.7. The molecule has 0 heterocycles. The third kappa shape index (κ3) is 9.48. The van der Waals surface area contributed by atoms with E-state index >= 15 is 0 Å². The normalized spacial score (nSPS) is 13.4. The van der Waals surface area contributed by atoms with Gasteiger partial charge >= 0.3 is 16.2 Å². The smallest absolute Gasteiger partial charge is 0.407 e. The summed E-state index contributed by atoms with van der Waals surface area (Å²) < 4.78 is 39.1. The van der Waals surface area contributed by atoms with Gasteiger partial charge in [0.15, 0.2) is 0 Å². The minimum absolute atomic E-state index is 0.0366. The van der Waals surface area contributed by atoms with Gasteiger partial charge in [-0.2, -0.15) is 8.42 Å². The molecular weight excluding hydrogens is 422 g/mol. The highest BCUT2D eigenvalue weighted by Gasteiger charge is 2.33. The van der Waals surface area contributed by atoms with Crippen LogP contribution in [0.2, 0.25) is 0 Å². The first kappa shape index (κ1) is 26.6. The first-order valence-electron chi connectivity index (χ1n) is 9.53. The minimum Gasteiger partial charge on any atom is -0.444 e. The Kier molecular flexibility index (Phi) is 10.1. The maximum absolute atomic E-state index is 12.4. The van der Waals surface area contributed by atoms with Gasteiger partial charge in [0.2, 0.25) is 0 Å². The molecule has 1 unspecified atom stereocenters. The molecule has 0 spiro atoms. The summed E-state index contributed by atoms with van der Waals surface area (Å²) >= 11 is 0. The number of alkyl carbamates (subject to hydrolysis) is 1. The second kappa shape index (κ2) is 11.8. The SMILES string of the molecule is CC(C)(C)OC(=O)NCC(C)(OOS(=O)(=O)c1ccccc1)c1ccccc1.COC. The molecular formula is C22H31NO7S. The summed E-state index contributed by atoms with van der Waals surface area (Å²) in [7, 11) is -0.885. The van der Waals surface area contributed by atoms with Crippen LogP contribution in [0.25, 0.3) is 0 Å². The van der Waals surface area contributed by atoms with Gasteiger partial charge < -0.3 is 14.8 Å². The lowest BCUT2D eigenvalue weighted by Crippen LogP contribution is -2.43. The van der Waals surface area contributed by atoms with Gasteiger partial charge in [-0.1, -0.05) is 48.5 Å². The second-order valence-corrected chi connectivity index (χ2v) is 9.29. The number of nitrogens with one attached hydrogen (secondary N) is 1. The Balaban J connectivity index is 0.00000151. The Morgan fingerprint density at radius 2 is 1.39 bits per heavy atom. The topological polar surface area (TPSA) is 100 Å². The van der Waals surface area contributed by atoms with E-state index in [1.807, 2.05) is 6.07 Å². The van der Waals surface area contributed by atoms with Gasteiger partial charge in [-0.3, -0.25) is 0 Å². The molecule has 0 aliphatic rings. The van der Waals surface area contributed by atoms with Crippen LogP contribution in [0, 0.1) is 0 Å². The Hall–Kier alpha value is -2.46. The molecule has 1 atom stereocenters. The van der Waals surface area contributed by atoms with E-state index in [0.717, 1.165) is 0 Å². The lowest BCUT2D eigenvalue weighted by Gasteiger charge is -2.29. The van der Waals surface area contributed by atoms with E-state index in [-0.39, 0.29) is 11.4 Å². The molecule has 9 heteroatoms. The van der Waals surface area contributed by atoms with E-state index in [9.17, 15) is 13.2 Å². The number of amides is 1. The summed E-state index contributed by atoms with van der Waals surface area (Å²) in [5.74, 6) is 0. The van der Waals surface area contributed by atoms with Gasteiger partial charge in [0, 0.05) is 14.2 Å². The van der Waals surface area contributed by atoms with Crippen LogP contribution in [0.3, 0.4) is 0 Å². The lowest BCUT2D eigenvalue weighted by molar-refractivity contribution is -0.286. The van der Waals surface area contributed by atoms with E-state index in [1.165, 1.54) is 12.1 Å². The van der Waals surface area contributed by atoms with Crippen molar-refractivity contribution in [2.75, 3.05) is 20.8 Å². The van der Waals surface area contributed by atoms with Gasteiger partial charge in [-0.15, -0.1) is 4.33 Å². The first-order valence-corrected chi connectivity index (χ1v) is 10.9. The molecule has 1 N–H and O–H groups in total. The van der Waals surface area contributed by atoms with Gasteiger partial charge in [0.05, 0.1) is 11.4 Å². The number of hydrogen-bond acceptors (Lipinski definition) is 7. The monoisotopic (exact) mass is 453 g/mol. The maximum Gasteiger partial charge on any atom is 0.407 e. The van der Waals surface area contributed by atoms with Crippen molar-refractivity contribution in [1.29, 1.82) is 0 Å². The van der Waals surface area contributed by atoms with Crippen molar-refractivity contribution < 1.29 is 31.9 Å². The largest absolute Gasteiger partial charge is 0.444 e. The molecule has 2 rings (SSSR count). The molecule has 0 saturated heterocycles. The molecule has 0 aromatic heterocycles. The highest BCUT2D eigenvalue weighted by molar-refractivity contribution is 7.86. The second-order valence-electron chi connectivity index (χ2n) is 7.78. The Morgan fingerprint density at radius 3 is 1.87 bits per heavy atom. The van der Waals surface area contributed by atoms with Crippen molar-refractivity contribution >= 4 is 16.2 Å². The molecule has 1 amide bonds. The minimum atomic E-state index is -4.14. The highest BCUT2D eigenvalue weighted by Crippen LogP contribution is 2.27. The fourth-order valence-corrected chi connectivity index (χ4v) is 3.08. The van der Waals surface area contributed by atoms with Crippen LogP contribution >= 0.6 is 0 Å². The maximum atomic E-state index is 12.4. The molecule has 172 valence electrons. The van der Waals surface area contributed by atoms with E-state index in [4.69, 9.17) is 14.0 Å². The third-order valence-corrected chi connectivity index (χ3v) is 4.79. The number of rotatable bonds is 7. The summed E-state index contributed by atoms with van der Waals surface area (Å²) in [5.41, 5.74) is -1.32. The molecule has 31 heavy (non-hydrogen) atoms. The molecule has 2 aromatic carbocycles. The van der Waals surface area contributed by atoms with Crippen LogP contribution in [0.15, 0.2) is 65.6 Å². The quantitative estimate of drug-likeness (QED) is 0.499. The molecule has 0 aliphatic carbocycles. The van der Waals surface area contributed by atoms with Gasteiger partial charge in [0.1, 0.15) is 11.2 Å². The van der Waals surface area contributed by atoms with Gasteiger partial charge in [-0.05, 0) is 45.4 Å². The fraction of sp³-hybridized carbons (Fsp3) is 0.409. The summed E-state index contributed by atoms with van der Waals surface area (Å²) in [6.45, 7) is 6.77. The van der Waals surface area contributed by atoms with Crippen LogP contribution in [0.5, 0.6) is 0 Å². The molecule has 0 bridgehead atoms. The van der Waals surface area contributed by atoms with Crippen LogP contribution < -0.4 is 5.32 Å². The summed E-state index contributed by atoms with van der Waals surface area (Å²) in [6, 6.07) is 16.5. The highest BCUT2D eigenvalue weighted by atomic mass is 32.2. The molecule has 0 fully saturated rings. The standard InChI is InChI=1S/C20H25NO6S.C2H6O/c1-19(2,3)25-18(22)21-15-20(4,16-11-7-5-8-12-16)26-27-28(23,24)17-13-9-6-10-14-17;1-3-2/h5-14H,15H2,1-4H3,(H,21,22);1-2H3. The van der Waals surface area contributed by atoms with E-state index < -0.39 is 27.4 Å². The molecule has 0 aliphatic heterocycles. The average Bonchev–Trinajstić information content (AvgIpc) is 2.72. The molecule has 8 nitrogen and oxygen atoms in total. The first-order chi connectivity index (χ1) is 14.4.